The molecule has 0 aromatic heterocycles. The minimum Gasteiger partial charge on any atom is -0.494 e. The number of benzene rings is 3. The molecule has 1 amide bonds. The summed E-state index contributed by atoms with van der Waals surface area (Å²) < 4.78 is 14.1. The Labute approximate surface area is 228 Å². The molecule has 0 saturated carbocycles. The summed E-state index contributed by atoms with van der Waals surface area (Å²) in [5, 5.41) is 8.97. The van der Waals surface area contributed by atoms with Gasteiger partial charge in [0.15, 0.2) is 11.6 Å². The highest BCUT2D eigenvalue weighted by Crippen LogP contribution is 2.43. The van der Waals surface area contributed by atoms with E-state index in [0.717, 1.165) is 25.6 Å². The maximum absolute atomic E-state index is 13.8. The van der Waals surface area contributed by atoms with Crippen LogP contribution in [0.15, 0.2) is 86.7 Å². The first-order chi connectivity index (χ1) is 17.3. The molecule has 4 rings (SSSR count). The predicted octanol–water partition coefficient (Wildman–Crippen LogP) is 5.56. The topological polar surface area (TPSA) is 71.4 Å². The summed E-state index contributed by atoms with van der Waals surface area (Å²) in [5.74, 6) is 0.982. The molecule has 0 aliphatic carbocycles. The molecule has 0 unspecified atom stereocenters. The zero-order valence-electron chi connectivity index (χ0n) is 20.2. The quantitative estimate of drug-likeness (QED) is 0.320. The lowest BCUT2D eigenvalue weighted by atomic mass is 9.81. The lowest BCUT2D eigenvalue weighted by molar-refractivity contribution is -0.137. The highest BCUT2D eigenvalue weighted by molar-refractivity contribution is 9.10. The second-order valence-electron chi connectivity index (χ2n) is 8.84. The number of ether oxygens (including phenoxy) is 2. The molecule has 3 aromatic rings. The Morgan fingerprint density at radius 2 is 1.61 bits per heavy atom. The van der Waals surface area contributed by atoms with Crippen LogP contribution in [0, 0.1) is 0 Å². The van der Waals surface area contributed by atoms with E-state index in [1.54, 1.807) is 19.0 Å². The van der Waals surface area contributed by atoms with E-state index in [1.807, 2.05) is 72.8 Å². The number of aliphatic imine (C=N–C) groups is 1. The molecule has 1 aliphatic rings. The van der Waals surface area contributed by atoms with Gasteiger partial charge in [0.1, 0.15) is 5.75 Å². The lowest BCUT2D eigenvalue weighted by Crippen LogP contribution is -2.49. The van der Waals surface area contributed by atoms with Crippen molar-refractivity contribution in [2.45, 2.75) is 24.5 Å². The summed E-state index contributed by atoms with van der Waals surface area (Å²) in [6, 6.07) is 23.2. The van der Waals surface area contributed by atoms with Gasteiger partial charge in [-0.2, -0.15) is 0 Å². The van der Waals surface area contributed by atoms with Crippen molar-refractivity contribution in [3.05, 3.63) is 98.4 Å². The summed E-state index contributed by atoms with van der Waals surface area (Å²) in [4.78, 5) is 20.4. The molecule has 36 heavy (non-hydrogen) atoms. The van der Waals surface area contributed by atoms with E-state index in [2.05, 4.69) is 31.9 Å². The smallest absolute Gasteiger partial charge is 0.254 e. The van der Waals surface area contributed by atoms with Crippen molar-refractivity contribution in [3.8, 4) is 5.75 Å². The van der Waals surface area contributed by atoms with Crippen LogP contribution < -0.4 is 4.74 Å². The first-order valence-electron chi connectivity index (χ1n) is 11.6. The molecule has 188 valence electrons. The van der Waals surface area contributed by atoms with Gasteiger partial charge in [-0.05, 0) is 59.7 Å². The Bertz CT molecular complexity index is 1210. The van der Waals surface area contributed by atoms with Gasteiger partial charge >= 0.3 is 0 Å². The van der Waals surface area contributed by atoms with Gasteiger partial charge in [-0.25, -0.2) is 4.99 Å². The molecule has 0 radical (unpaired) electrons. The number of carbonyl (C=O) groups excluding carboxylic acids is 1. The third kappa shape index (κ3) is 5.82. The molecule has 0 bridgehead atoms. The van der Waals surface area contributed by atoms with Gasteiger partial charge in [0.25, 0.3) is 5.91 Å². The third-order valence-electron chi connectivity index (χ3n) is 5.97. The molecule has 1 aliphatic heterocycles. The van der Waals surface area contributed by atoms with Crippen molar-refractivity contribution < 1.29 is 19.4 Å². The summed E-state index contributed by atoms with van der Waals surface area (Å²) in [7, 11) is 3.49. The minimum absolute atomic E-state index is 0.0839. The van der Waals surface area contributed by atoms with E-state index in [0.29, 0.717) is 31.1 Å². The Kier molecular flexibility index (Phi) is 8.49. The van der Waals surface area contributed by atoms with Crippen LogP contribution in [0.5, 0.6) is 5.75 Å². The third-order valence-corrected chi connectivity index (χ3v) is 7.03. The number of amides is 1. The Balaban J connectivity index is 1.77. The molecule has 3 aromatic carbocycles. The molecule has 6 nitrogen and oxygen atoms in total. The molecule has 2 atom stereocenters. The van der Waals surface area contributed by atoms with Crippen LogP contribution in [-0.2, 0) is 16.0 Å². The molecule has 1 N–H and O–H groups in total. The second kappa shape index (κ2) is 11.6. The first kappa shape index (κ1) is 26.4. The maximum atomic E-state index is 13.8. The van der Waals surface area contributed by atoms with E-state index in [-0.39, 0.29) is 12.5 Å². The average molecular weight is 616 g/mol. The van der Waals surface area contributed by atoms with E-state index < -0.39 is 11.6 Å². The number of aliphatic hydroxyl groups excluding tert-OH is 1. The van der Waals surface area contributed by atoms with Gasteiger partial charge in [-0.3, -0.25) is 4.79 Å². The molecular weight excluding hydrogens is 588 g/mol. The number of aliphatic hydroxyl groups is 1. The fourth-order valence-electron chi connectivity index (χ4n) is 4.21. The van der Waals surface area contributed by atoms with Crippen LogP contribution in [0.2, 0.25) is 0 Å². The van der Waals surface area contributed by atoms with Crippen LogP contribution in [0.1, 0.15) is 29.2 Å². The van der Waals surface area contributed by atoms with Crippen molar-refractivity contribution in [1.29, 1.82) is 0 Å². The van der Waals surface area contributed by atoms with Gasteiger partial charge in [-0.1, -0.05) is 56.1 Å². The number of rotatable bonds is 9. The summed E-state index contributed by atoms with van der Waals surface area (Å²) >= 11 is 6.99. The number of hydrogen-bond donors (Lipinski definition) is 1. The SMILES string of the molecule is CN(C)C(=O)[C@]1(Cc2ccc(Br)cc2)N=C(c2ccc(OCCCO)cc2)O[C@@H]1c1ccc(Br)cc1. The highest BCUT2D eigenvalue weighted by Gasteiger charge is 2.54. The van der Waals surface area contributed by atoms with Crippen molar-refractivity contribution >= 4 is 43.7 Å². The second-order valence-corrected chi connectivity index (χ2v) is 10.7. The standard InChI is InChI=1S/C28H28Br2N2O4/c1-32(2)27(34)28(18-19-4-10-22(29)11-5-19)25(20-6-12-23(30)13-7-20)36-26(31-28)21-8-14-24(15-9-21)35-17-3-16-33/h4-15,25,33H,3,16-18H2,1-2H3/t25-,28-/m1/s1. The van der Waals surface area contributed by atoms with Gasteiger partial charge < -0.3 is 19.5 Å². The first-order valence-corrected chi connectivity index (χ1v) is 13.2. The number of nitrogens with zero attached hydrogens (tertiary/aromatic N) is 2. The van der Waals surface area contributed by atoms with Crippen molar-refractivity contribution in [3.63, 3.8) is 0 Å². The van der Waals surface area contributed by atoms with Gasteiger partial charge in [0, 0.05) is 48.1 Å². The van der Waals surface area contributed by atoms with Crippen LogP contribution in [0.3, 0.4) is 0 Å². The summed E-state index contributed by atoms with van der Waals surface area (Å²) in [5.41, 5.74) is 1.43. The molecule has 0 saturated heterocycles. The van der Waals surface area contributed by atoms with Crippen LogP contribution in [0.4, 0.5) is 0 Å². The maximum Gasteiger partial charge on any atom is 0.254 e. The van der Waals surface area contributed by atoms with Crippen LogP contribution >= 0.6 is 31.9 Å². The average Bonchev–Trinajstić information content (AvgIpc) is 3.26. The minimum atomic E-state index is -1.18. The normalized spacial score (nSPS) is 18.9. The zero-order chi connectivity index (χ0) is 25.7. The Morgan fingerprint density at radius 1 is 1.00 bits per heavy atom. The summed E-state index contributed by atoms with van der Waals surface area (Å²) in [6.07, 6.45) is 0.335. The highest BCUT2D eigenvalue weighted by atomic mass is 79.9. The van der Waals surface area contributed by atoms with Gasteiger partial charge in [0.2, 0.25) is 5.90 Å². The lowest BCUT2D eigenvalue weighted by Gasteiger charge is -2.33. The van der Waals surface area contributed by atoms with Crippen molar-refractivity contribution in [2.24, 2.45) is 4.99 Å². The van der Waals surface area contributed by atoms with E-state index in [1.165, 1.54) is 0 Å². The number of hydrogen-bond acceptors (Lipinski definition) is 5. The Morgan fingerprint density at radius 3 is 2.19 bits per heavy atom. The fraction of sp³-hybridized carbons (Fsp3) is 0.286. The van der Waals surface area contributed by atoms with Gasteiger partial charge in [-0.15, -0.1) is 0 Å². The predicted molar refractivity (Wildman–Crippen MR) is 147 cm³/mol. The van der Waals surface area contributed by atoms with Crippen molar-refractivity contribution in [2.75, 3.05) is 27.3 Å². The zero-order valence-corrected chi connectivity index (χ0v) is 23.3. The fourth-order valence-corrected chi connectivity index (χ4v) is 4.73. The molecule has 0 fully saturated rings. The monoisotopic (exact) mass is 614 g/mol. The molecule has 1 heterocycles. The van der Waals surface area contributed by atoms with Crippen molar-refractivity contribution in [1.82, 2.24) is 4.90 Å². The number of halogens is 2. The molecular formula is C28H28Br2N2O4. The Hall–Kier alpha value is -2.68. The number of likely N-dealkylation sites (N-methyl/N-ethyl adjacent to an activating group) is 1. The van der Waals surface area contributed by atoms with Crippen LogP contribution in [-0.4, -0.2) is 54.7 Å². The largest absolute Gasteiger partial charge is 0.494 e. The van der Waals surface area contributed by atoms with Crippen LogP contribution in [0.25, 0.3) is 0 Å². The number of carbonyl (C=O) groups is 1. The van der Waals surface area contributed by atoms with E-state index in [4.69, 9.17) is 19.6 Å². The van der Waals surface area contributed by atoms with E-state index in [9.17, 15) is 4.79 Å². The molecule has 8 heteroatoms. The van der Waals surface area contributed by atoms with E-state index >= 15 is 0 Å². The molecule has 0 spiro atoms. The summed E-state index contributed by atoms with van der Waals surface area (Å²) in [6.45, 7) is 0.521. The van der Waals surface area contributed by atoms with Gasteiger partial charge in [0.05, 0.1) is 6.61 Å².